The monoisotopic (exact) mass is 484 g/mol. The van der Waals surface area contributed by atoms with Gasteiger partial charge in [0.1, 0.15) is 11.5 Å². The summed E-state index contributed by atoms with van der Waals surface area (Å²) in [7, 11) is 0. The second-order valence-electron chi connectivity index (χ2n) is 7.62. The Morgan fingerprint density at radius 2 is 0.914 bits per heavy atom. The Morgan fingerprint density at radius 1 is 0.571 bits per heavy atom. The smallest absolute Gasteiger partial charge is 0.276 e. The first-order chi connectivity index (χ1) is 16.9. The van der Waals surface area contributed by atoms with E-state index in [2.05, 4.69) is 21.7 Å². The van der Waals surface area contributed by atoms with E-state index in [0.29, 0.717) is 11.5 Å². The lowest BCUT2D eigenvalue weighted by Crippen LogP contribution is -2.44. The van der Waals surface area contributed by atoms with Crippen LogP contribution in [0.15, 0.2) is 48.5 Å². The summed E-state index contributed by atoms with van der Waals surface area (Å²) >= 11 is 0. The number of amides is 4. The molecule has 10 heteroatoms. The summed E-state index contributed by atoms with van der Waals surface area (Å²) in [4.78, 5) is 47.2. The van der Waals surface area contributed by atoms with Crippen LogP contribution in [0.25, 0.3) is 0 Å². The molecule has 0 aromatic heterocycles. The molecule has 0 radical (unpaired) electrons. The van der Waals surface area contributed by atoms with Gasteiger partial charge in [-0.3, -0.25) is 40.9 Å². The molecule has 4 N–H and O–H groups in total. The third kappa shape index (κ3) is 11.1. The molecule has 0 aliphatic carbocycles. The van der Waals surface area contributed by atoms with Crippen LogP contribution in [0.1, 0.15) is 44.2 Å². The summed E-state index contributed by atoms with van der Waals surface area (Å²) in [6.45, 7) is 3.59. The Labute approximate surface area is 204 Å². The Hall–Kier alpha value is -4.08. The first kappa shape index (κ1) is 27.2. The lowest BCUT2D eigenvalue weighted by Gasteiger charge is -2.10. The first-order valence-electron chi connectivity index (χ1n) is 11.5. The zero-order valence-electron chi connectivity index (χ0n) is 20.0. The predicted octanol–water partition coefficient (Wildman–Crippen LogP) is 1.73. The van der Waals surface area contributed by atoms with Gasteiger partial charge in [-0.1, -0.05) is 38.1 Å². The number of carbonyl (C=O) groups excluding carboxylic acids is 4. The van der Waals surface area contributed by atoms with Gasteiger partial charge in [-0.2, -0.15) is 0 Å². The van der Waals surface area contributed by atoms with E-state index in [1.165, 1.54) is 0 Å². The van der Waals surface area contributed by atoms with Crippen molar-refractivity contribution in [1.29, 1.82) is 0 Å². The predicted molar refractivity (Wildman–Crippen MR) is 129 cm³/mol. The fourth-order valence-electron chi connectivity index (χ4n) is 2.83. The average molecular weight is 485 g/mol. The maximum absolute atomic E-state index is 11.8. The van der Waals surface area contributed by atoms with E-state index < -0.39 is 23.6 Å². The molecule has 0 saturated heterocycles. The van der Waals surface area contributed by atoms with Crippen LogP contribution in [0.5, 0.6) is 11.5 Å². The molecule has 0 unspecified atom stereocenters. The lowest BCUT2D eigenvalue weighted by molar-refractivity contribution is -0.131. The second-order valence-corrected chi connectivity index (χ2v) is 7.62. The van der Waals surface area contributed by atoms with Crippen LogP contribution < -0.4 is 31.2 Å². The number of carbonyl (C=O) groups is 4. The van der Waals surface area contributed by atoms with E-state index >= 15 is 0 Å². The van der Waals surface area contributed by atoms with E-state index in [0.717, 1.165) is 24.0 Å². The van der Waals surface area contributed by atoms with Crippen LogP contribution in [-0.2, 0) is 32.0 Å². The minimum Gasteiger partial charge on any atom is -0.484 e. The number of rotatable bonds is 12. The standard InChI is InChI=1S/C25H32N4O6/c1-3-18-8-12-20(13-9-18)34-16-24(32)28-26-22(30)6-5-7-23(31)27-29-25(33)17-35-21-14-10-19(4-2)11-15-21/h8-15H,3-7,16-17H2,1-2H3,(H,26,30)(H,27,31)(H,28,32)(H,29,33). The fourth-order valence-corrected chi connectivity index (χ4v) is 2.83. The van der Waals surface area contributed by atoms with Crippen LogP contribution in [0.4, 0.5) is 0 Å². The van der Waals surface area contributed by atoms with Gasteiger partial charge in [0.25, 0.3) is 11.8 Å². The van der Waals surface area contributed by atoms with Crippen LogP contribution in [0.2, 0.25) is 0 Å². The molecule has 188 valence electrons. The summed E-state index contributed by atoms with van der Waals surface area (Å²) in [5, 5.41) is 0. The number of ether oxygens (including phenoxy) is 2. The molecular formula is C25H32N4O6. The normalized spacial score (nSPS) is 10.1. The number of nitrogens with one attached hydrogen (secondary N) is 4. The molecule has 0 heterocycles. The molecule has 0 bridgehead atoms. The van der Waals surface area contributed by atoms with Gasteiger partial charge in [0.15, 0.2) is 13.2 Å². The molecule has 4 amide bonds. The molecule has 2 rings (SSSR count). The molecule has 2 aromatic carbocycles. The number of hydrogen-bond donors (Lipinski definition) is 4. The quantitative estimate of drug-likeness (QED) is 0.339. The van der Waals surface area contributed by atoms with E-state index in [1.807, 2.05) is 38.1 Å². The molecule has 0 atom stereocenters. The first-order valence-corrected chi connectivity index (χ1v) is 11.5. The van der Waals surface area contributed by atoms with Crippen molar-refractivity contribution in [3.8, 4) is 11.5 Å². The summed E-state index contributed by atoms with van der Waals surface area (Å²) in [6, 6.07) is 14.8. The molecule has 35 heavy (non-hydrogen) atoms. The molecule has 0 aliphatic heterocycles. The van der Waals surface area contributed by atoms with Crippen LogP contribution in [0, 0.1) is 0 Å². The topological polar surface area (TPSA) is 135 Å². The van der Waals surface area contributed by atoms with Gasteiger partial charge in [0.05, 0.1) is 0 Å². The van der Waals surface area contributed by atoms with Crippen molar-refractivity contribution in [3.05, 3.63) is 59.7 Å². The van der Waals surface area contributed by atoms with Crippen molar-refractivity contribution in [2.24, 2.45) is 0 Å². The Balaban J connectivity index is 1.51. The van der Waals surface area contributed by atoms with Crippen molar-refractivity contribution in [2.45, 2.75) is 46.0 Å². The van der Waals surface area contributed by atoms with Crippen LogP contribution in [-0.4, -0.2) is 36.8 Å². The Kier molecular flexibility index (Phi) is 11.6. The Bertz CT molecular complexity index is 897. The molecule has 0 fully saturated rings. The number of aryl methyl sites for hydroxylation is 2. The highest BCUT2D eigenvalue weighted by Gasteiger charge is 2.09. The summed E-state index contributed by atoms with van der Waals surface area (Å²) in [5.41, 5.74) is 11.4. The highest BCUT2D eigenvalue weighted by Crippen LogP contribution is 2.13. The minimum absolute atomic E-state index is 0.0118. The van der Waals surface area contributed by atoms with Gasteiger partial charge in [0.2, 0.25) is 11.8 Å². The third-order valence-corrected chi connectivity index (χ3v) is 4.89. The summed E-state index contributed by atoms with van der Waals surface area (Å²) in [6.07, 6.45) is 2.07. The molecule has 0 spiro atoms. The zero-order chi connectivity index (χ0) is 25.5. The second kappa shape index (κ2) is 14.9. The van der Waals surface area contributed by atoms with E-state index in [1.54, 1.807) is 24.3 Å². The van der Waals surface area contributed by atoms with E-state index in [9.17, 15) is 19.2 Å². The van der Waals surface area contributed by atoms with Crippen molar-refractivity contribution in [1.82, 2.24) is 21.7 Å². The van der Waals surface area contributed by atoms with Gasteiger partial charge in [-0.05, 0) is 54.7 Å². The average Bonchev–Trinajstić information content (AvgIpc) is 2.88. The third-order valence-electron chi connectivity index (χ3n) is 4.89. The summed E-state index contributed by atoms with van der Waals surface area (Å²) < 4.78 is 10.7. The molecule has 0 saturated carbocycles. The maximum Gasteiger partial charge on any atom is 0.276 e. The van der Waals surface area contributed by atoms with Crippen molar-refractivity contribution < 1.29 is 28.7 Å². The summed E-state index contributed by atoms with van der Waals surface area (Å²) in [5.74, 6) is -0.823. The van der Waals surface area contributed by atoms with Crippen molar-refractivity contribution in [2.75, 3.05) is 13.2 Å². The van der Waals surface area contributed by atoms with E-state index in [-0.39, 0.29) is 32.5 Å². The minimum atomic E-state index is -0.512. The van der Waals surface area contributed by atoms with Crippen LogP contribution >= 0.6 is 0 Å². The van der Waals surface area contributed by atoms with Gasteiger partial charge >= 0.3 is 0 Å². The van der Waals surface area contributed by atoms with Gasteiger partial charge in [-0.25, -0.2) is 0 Å². The van der Waals surface area contributed by atoms with Crippen molar-refractivity contribution >= 4 is 23.6 Å². The highest BCUT2D eigenvalue weighted by molar-refractivity contribution is 5.84. The van der Waals surface area contributed by atoms with E-state index in [4.69, 9.17) is 9.47 Å². The SMILES string of the molecule is CCc1ccc(OCC(=O)NNC(=O)CCCC(=O)NNC(=O)COc2ccc(CC)cc2)cc1. The zero-order valence-corrected chi connectivity index (χ0v) is 20.0. The fraction of sp³-hybridized carbons (Fsp3) is 0.360. The van der Waals surface area contributed by atoms with Gasteiger partial charge in [-0.15, -0.1) is 0 Å². The Morgan fingerprint density at radius 3 is 1.26 bits per heavy atom. The van der Waals surface area contributed by atoms with Crippen molar-refractivity contribution in [3.63, 3.8) is 0 Å². The van der Waals surface area contributed by atoms with Gasteiger partial charge < -0.3 is 9.47 Å². The number of hydrazine groups is 2. The molecule has 0 aliphatic rings. The highest BCUT2D eigenvalue weighted by atomic mass is 16.5. The molecule has 2 aromatic rings. The number of hydrogen-bond acceptors (Lipinski definition) is 6. The molecule has 10 nitrogen and oxygen atoms in total. The molecular weight excluding hydrogens is 452 g/mol. The largest absolute Gasteiger partial charge is 0.484 e. The number of benzene rings is 2. The lowest BCUT2D eigenvalue weighted by atomic mass is 10.2. The van der Waals surface area contributed by atoms with Gasteiger partial charge in [0, 0.05) is 12.8 Å². The maximum atomic E-state index is 11.8. The van der Waals surface area contributed by atoms with Crippen LogP contribution in [0.3, 0.4) is 0 Å².